The average molecular weight is 286 g/mol. The first kappa shape index (κ1) is 14.1. The molecule has 0 aliphatic rings. The van der Waals surface area contributed by atoms with Gasteiger partial charge in [0, 0.05) is 5.56 Å². The van der Waals surface area contributed by atoms with Crippen LogP contribution in [0, 0.1) is 5.82 Å². The van der Waals surface area contributed by atoms with E-state index >= 15 is 0 Å². The first-order valence-electron chi connectivity index (χ1n) is 5.50. The SMILES string of the molecule is COc1cccc(-c2cc(C(F)(F)F)cc(N)n2)c1F. The number of hydrogen-bond acceptors (Lipinski definition) is 3. The maximum Gasteiger partial charge on any atom is 0.416 e. The van der Waals surface area contributed by atoms with Crippen molar-refractivity contribution in [1.82, 2.24) is 4.98 Å². The second kappa shape index (κ2) is 4.99. The van der Waals surface area contributed by atoms with E-state index in [1.54, 1.807) is 0 Å². The first-order chi connectivity index (χ1) is 9.32. The lowest BCUT2D eigenvalue weighted by atomic mass is 10.1. The van der Waals surface area contributed by atoms with Crippen molar-refractivity contribution in [2.45, 2.75) is 6.18 Å². The van der Waals surface area contributed by atoms with Gasteiger partial charge < -0.3 is 10.5 Å². The van der Waals surface area contributed by atoms with Crippen LogP contribution in [0.3, 0.4) is 0 Å². The van der Waals surface area contributed by atoms with Gasteiger partial charge in [-0.15, -0.1) is 0 Å². The third-order valence-corrected chi connectivity index (χ3v) is 2.63. The van der Waals surface area contributed by atoms with Crippen LogP contribution in [0.25, 0.3) is 11.3 Å². The van der Waals surface area contributed by atoms with Gasteiger partial charge in [0.15, 0.2) is 11.6 Å². The van der Waals surface area contributed by atoms with E-state index in [0.29, 0.717) is 6.07 Å². The molecule has 0 spiro atoms. The van der Waals surface area contributed by atoms with Crippen molar-refractivity contribution < 1.29 is 22.3 Å². The number of methoxy groups -OCH3 is 1. The predicted molar refractivity (Wildman–Crippen MR) is 65.6 cm³/mol. The molecular weight excluding hydrogens is 276 g/mol. The normalized spacial score (nSPS) is 11.4. The number of nitrogen functional groups attached to an aromatic ring is 1. The third-order valence-electron chi connectivity index (χ3n) is 2.63. The van der Waals surface area contributed by atoms with Crippen molar-refractivity contribution in [2.75, 3.05) is 12.8 Å². The summed E-state index contributed by atoms with van der Waals surface area (Å²) < 4.78 is 56.9. The van der Waals surface area contributed by atoms with Gasteiger partial charge in [0.25, 0.3) is 0 Å². The largest absolute Gasteiger partial charge is 0.494 e. The zero-order valence-electron chi connectivity index (χ0n) is 10.3. The van der Waals surface area contributed by atoms with E-state index in [1.165, 1.54) is 25.3 Å². The summed E-state index contributed by atoms with van der Waals surface area (Å²) in [4.78, 5) is 3.74. The fourth-order valence-corrected chi connectivity index (χ4v) is 1.72. The van der Waals surface area contributed by atoms with E-state index < -0.39 is 17.6 Å². The fourth-order valence-electron chi connectivity index (χ4n) is 1.72. The van der Waals surface area contributed by atoms with Crippen molar-refractivity contribution in [3.63, 3.8) is 0 Å². The molecule has 0 bridgehead atoms. The summed E-state index contributed by atoms with van der Waals surface area (Å²) in [7, 11) is 1.26. The van der Waals surface area contributed by atoms with Crippen molar-refractivity contribution in [3.8, 4) is 17.0 Å². The lowest BCUT2D eigenvalue weighted by Crippen LogP contribution is -2.07. The second-order valence-corrected chi connectivity index (χ2v) is 3.99. The van der Waals surface area contributed by atoms with E-state index in [0.717, 1.165) is 6.07 Å². The van der Waals surface area contributed by atoms with Crippen LogP contribution in [0.1, 0.15) is 5.56 Å². The molecule has 1 aromatic carbocycles. The molecule has 2 aromatic rings. The van der Waals surface area contributed by atoms with Crippen molar-refractivity contribution in [1.29, 1.82) is 0 Å². The van der Waals surface area contributed by atoms with Crippen LogP contribution in [0.5, 0.6) is 5.75 Å². The molecule has 7 heteroatoms. The van der Waals surface area contributed by atoms with Gasteiger partial charge in [0.2, 0.25) is 0 Å². The Morgan fingerprint density at radius 1 is 1.20 bits per heavy atom. The van der Waals surface area contributed by atoms with Crippen LogP contribution in [0.15, 0.2) is 30.3 Å². The number of nitrogens with zero attached hydrogens (tertiary/aromatic N) is 1. The molecule has 0 fully saturated rings. The number of nitrogens with two attached hydrogens (primary N) is 1. The van der Waals surface area contributed by atoms with E-state index in [-0.39, 0.29) is 22.8 Å². The third kappa shape index (κ3) is 2.66. The van der Waals surface area contributed by atoms with Gasteiger partial charge in [-0.25, -0.2) is 9.37 Å². The lowest BCUT2D eigenvalue weighted by Gasteiger charge is -2.11. The topological polar surface area (TPSA) is 48.1 Å². The van der Waals surface area contributed by atoms with Crippen LogP contribution in [-0.2, 0) is 6.18 Å². The van der Waals surface area contributed by atoms with Gasteiger partial charge in [0.1, 0.15) is 5.82 Å². The van der Waals surface area contributed by atoms with E-state index in [9.17, 15) is 17.6 Å². The number of hydrogen-bond donors (Lipinski definition) is 1. The number of pyridine rings is 1. The Labute approximate surface area is 112 Å². The minimum atomic E-state index is -4.58. The zero-order chi connectivity index (χ0) is 14.9. The number of benzene rings is 1. The summed E-state index contributed by atoms with van der Waals surface area (Å²) in [5, 5.41) is 0. The minimum absolute atomic E-state index is 0.0831. The summed E-state index contributed by atoms with van der Waals surface area (Å²) in [6.07, 6.45) is -4.58. The standard InChI is InChI=1S/C13H10F4N2O/c1-20-10-4-2-3-8(12(10)14)9-5-7(13(15,16)17)6-11(18)19-9/h2-6H,1H3,(H2,18,19). The molecule has 106 valence electrons. The number of ether oxygens (including phenoxy) is 1. The van der Waals surface area contributed by atoms with Gasteiger partial charge in [-0.3, -0.25) is 0 Å². The molecule has 0 aliphatic heterocycles. The van der Waals surface area contributed by atoms with E-state index in [2.05, 4.69) is 4.98 Å². The Balaban J connectivity index is 2.62. The van der Waals surface area contributed by atoms with Crippen LogP contribution in [0.2, 0.25) is 0 Å². The number of alkyl halides is 3. The van der Waals surface area contributed by atoms with E-state index in [4.69, 9.17) is 10.5 Å². The summed E-state index contributed by atoms with van der Waals surface area (Å²) in [6, 6.07) is 5.56. The van der Waals surface area contributed by atoms with E-state index in [1.807, 2.05) is 0 Å². The van der Waals surface area contributed by atoms with Gasteiger partial charge in [0.05, 0.1) is 18.4 Å². The molecule has 0 radical (unpaired) electrons. The smallest absolute Gasteiger partial charge is 0.416 e. The molecule has 0 saturated heterocycles. The van der Waals surface area contributed by atoms with Crippen molar-refractivity contribution in [3.05, 3.63) is 41.7 Å². The Bertz CT molecular complexity index is 641. The molecule has 3 nitrogen and oxygen atoms in total. The van der Waals surface area contributed by atoms with Crippen molar-refractivity contribution >= 4 is 5.82 Å². The molecule has 0 unspecified atom stereocenters. The Morgan fingerprint density at radius 2 is 1.90 bits per heavy atom. The van der Waals surface area contributed by atoms with Crippen LogP contribution in [-0.4, -0.2) is 12.1 Å². The highest BCUT2D eigenvalue weighted by Gasteiger charge is 2.31. The zero-order valence-corrected chi connectivity index (χ0v) is 10.3. The molecule has 0 saturated carbocycles. The quantitative estimate of drug-likeness (QED) is 0.860. The fraction of sp³-hybridized carbons (Fsp3) is 0.154. The minimum Gasteiger partial charge on any atom is -0.494 e. The highest BCUT2D eigenvalue weighted by Crippen LogP contribution is 2.34. The predicted octanol–water partition coefficient (Wildman–Crippen LogP) is 3.50. The average Bonchev–Trinajstić information content (AvgIpc) is 2.37. The molecule has 2 rings (SSSR count). The molecule has 0 atom stereocenters. The summed E-state index contributed by atoms with van der Waals surface area (Å²) in [6.45, 7) is 0. The molecular formula is C13H10F4N2O. The van der Waals surface area contributed by atoms with Crippen molar-refractivity contribution in [2.24, 2.45) is 0 Å². The second-order valence-electron chi connectivity index (χ2n) is 3.99. The summed E-state index contributed by atoms with van der Waals surface area (Å²) in [5.74, 6) is -1.21. The number of rotatable bonds is 2. The molecule has 0 aliphatic carbocycles. The molecule has 20 heavy (non-hydrogen) atoms. The highest BCUT2D eigenvalue weighted by atomic mass is 19.4. The summed E-state index contributed by atoms with van der Waals surface area (Å²) in [5.41, 5.74) is 4.06. The molecule has 1 heterocycles. The first-order valence-corrected chi connectivity index (χ1v) is 5.50. The monoisotopic (exact) mass is 286 g/mol. The van der Waals surface area contributed by atoms with Crippen LogP contribution in [0.4, 0.5) is 23.4 Å². The Morgan fingerprint density at radius 3 is 2.50 bits per heavy atom. The number of aromatic nitrogens is 1. The number of anilines is 1. The maximum atomic E-state index is 14.0. The highest BCUT2D eigenvalue weighted by molar-refractivity contribution is 5.65. The van der Waals surface area contributed by atoms with Gasteiger partial charge in [-0.1, -0.05) is 6.07 Å². The molecule has 2 N–H and O–H groups in total. The van der Waals surface area contributed by atoms with Gasteiger partial charge in [-0.2, -0.15) is 13.2 Å². The van der Waals surface area contributed by atoms with Crippen LogP contribution < -0.4 is 10.5 Å². The Kier molecular flexibility index (Phi) is 3.52. The summed E-state index contributed by atoms with van der Waals surface area (Å²) >= 11 is 0. The molecule has 0 amide bonds. The lowest BCUT2D eigenvalue weighted by molar-refractivity contribution is -0.137. The van der Waals surface area contributed by atoms with Gasteiger partial charge >= 0.3 is 6.18 Å². The molecule has 1 aromatic heterocycles. The van der Waals surface area contributed by atoms with Crippen LogP contribution >= 0.6 is 0 Å². The van der Waals surface area contributed by atoms with Gasteiger partial charge in [-0.05, 0) is 24.3 Å². The Hall–Kier alpha value is -2.31. The number of halogens is 4. The maximum absolute atomic E-state index is 14.0.